The maximum absolute atomic E-state index is 10.8. The number of morpholine rings is 1. The predicted octanol–water partition coefficient (Wildman–Crippen LogP) is 1.62. The Bertz CT molecular complexity index is 523. The fraction of sp³-hybridized carbons (Fsp3) is 0.688. The smallest absolute Gasteiger partial charge is 0.356 e. The van der Waals surface area contributed by atoms with Crippen LogP contribution in [0.5, 0.6) is 0 Å². The molecule has 0 radical (unpaired) electrons. The van der Waals surface area contributed by atoms with E-state index in [1.165, 1.54) is 44.5 Å². The summed E-state index contributed by atoms with van der Waals surface area (Å²) in [6, 6.07) is 0. The molecule has 7 nitrogen and oxygen atoms in total. The minimum Gasteiger partial charge on any atom is -0.476 e. The number of carbonyl (C=O) groups is 1. The second-order valence-corrected chi connectivity index (χ2v) is 6.33. The maximum Gasteiger partial charge on any atom is 0.356 e. The van der Waals surface area contributed by atoms with Crippen molar-refractivity contribution in [3.8, 4) is 0 Å². The number of carboxylic acid groups (broad SMARTS) is 1. The first-order valence-corrected chi connectivity index (χ1v) is 8.32. The minimum atomic E-state index is -1.05. The highest BCUT2D eigenvalue weighted by molar-refractivity contribution is 5.84. The zero-order valence-electron chi connectivity index (χ0n) is 13.3. The Kier molecular flexibility index (Phi) is 5.07. The van der Waals surface area contributed by atoms with Crippen molar-refractivity contribution in [3.63, 3.8) is 0 Å². The van der Waals surface area contributed by atoms with Gasteiger partial charge in [0.1, 0.15) is 5.82 Å². The second-order valence-electron chi connectivity index (χ2n) is 6.33. The van der Waals surface area contributed by atoms with Gasteiger partial charge in [-0.3, -0.25) is 4.90 Å². The van der Waals surface area contributed by atoms with E-state index in [1.807, 2.05) is 0 Å². The average molecular weight is 320 g/mol. The van der Waals surface area contributed by atoms with Crippen molar-refractivity contribution in [1.29, 1.82) is 0 Å². The summed E-state index contributed by atoms with van der Waals surface area (Å²) in [6.07, 6.45) is 8.97. The molecule has 2 fully saturated rings. The number of carboxylic acids is 1. The first-order valence-electron chi connectivity index (χ1n) is 8.32. The lowest BCUT2D eigenvalue weighted by atomic mass is 9.79. The van der Waals surface area contributed by atoms with Crippen LogP contribution < -0.4 is 5.32 Å². The van der Waals surface area contributed by atoms with Crippen LogP contribution in [0.3, 0.4) is 0 Å². The number of aromatic nitrogens is 2. The fourth-order valence-corrected chi connectivity index (χ4v) is 3.64. The van der Waals surface area contributed by atoms with Crippen LogP contribution >= 0.6 is 0 Å². The standard InChI is InChI=1S/C16H24N4O3/c21-15(22)13-10-18-14(11-17-13)19-12-16(4-2-1-3-5-16)20-6-8-23-9-7-20/h10-11H,1-9,12H2,(H,18,19)(H,21,22). The van der Waals surface area contributed by atoms with E-state index >= 15 is 0 Å². The van der Waals surface area contributed by atoms with E-state index in [9.17, 15) is 4.79 Å². The van der Waals surface area contributed by atoms with Crippen LogP contribution in [0.1, 0.15) is 42.6 Å². The molecule has 1 aliphatic heterocycles. The van der Waals surface area contributed by atoms with Gasteiger partial charge in [0.25, 0.3) is 0 Å². The zero-order chi connectivity index (χ0) is 16.1. The molecule has 0 spiro atoms. The van der Waals surface area contributed by atoms with Gasteiger partial charge in [0, 0.05) is 25.2 Å². The molecular weight excluding hydrogens is 296 g/mol. The van der Waals surface area contributed by atoms with Crippen molar-refractivity contribution in [3.05, 3.63) is 18.1 Å². The van der Waals surface area contributed by atoms with Gasteiger partial charge in [-0.2, -0.15) is 0 Å². The number of aromatic carboxylic acids is 1. The van der Waals surface area contributed by atoms with E-state index in [0.717, 1.165) is 32.8 Å². The van der Waals surface area contributed by atoms with Gasteiger partial charge in [-0.05, 0) is 12.8 Å². The number of nitrogens with zero attached hydrogens (tertiary/aromatic N) is 3. The molecule has 1 aromatic heterocycles. The number of anilines is 1. The number of rotatable bonds is 5. The van der Waals surface area contributed by atoms with Crippen molar-refractivity contribution >= 4 is 11.8 Å². The Morgan fingerprint density at radius 2 is 1.96 bits per heavy atom. The highest BCUT2D eigenvalue weighted by atomic mass is 16.5. The van der Waals surface area contributed by atoms with Crippen molar-refractivity contribution in [1.82, 2.24) is 14.9 Å². The predicted molar refractivity (Wildman–Crippen MR) is 85.7 cm³/mol. The van der Waals surface area contributed by atoms with Gasteiger partial charge >= 0.3 is 5.97 Å². The average Bonchev–Trinajstić information content (AvgIpc) is 2.62. The van der Waals surface area contributed by atoms with Crippen LogP contribution in [0.25, 0.3) is 0 Å². The Morgan fingerprint density at radius 3 is 2.57 bits per heavy atom. The molecule has 0 amide bonds. The molecule has 7 heteroatoms. The summed E-state index contributed by atoms with van der Waals surface area (Å²) >= 11 is 0. The van der Waals surface area contributed by atoms with E-state index in [2.05, 4.69) is 20.2 Å². The normalized spacial score (nSPS) is 21.7. The SMILES string of the molecule is O=C(O)c1cnc(NCC2(N3CCOCC3)CCCCC2)cn1. The van der Waals surface area contributed by atoms with E-state index in [-0.39, 0.29) is 11.2 Å². The number of nitrogens with one attached hydrogen (secondary N) is 1. The van der Waals surface area contributed by atoms with Gasteiger partial charge in [-0.1, -0.05) is 19.3 Å². The first kappa shape index (κ1) is 16.1. The lowest BCUT2D eigenvalue weighted by Crippen LogP contribution is -2.58. The highest BCUT2D eigenvalue weighted by Gasteiger charge is 2.38. The summed E-state index contributed by atoms with van der Waals surface area (Å²) in [5.41, 5.74) is 0.117. The van der Waals surface area contributed by atoms with Gasteiger partial charge < -0.3 is 15.2 Å². The van der Waals surface area contributed by atoms with Gasteiger partial charge in [0.05, 0.1) is 25.6 Å². The Balaban J connectivity index is 1.67. The van der Waals surface area contributed by atoms with Crippen LogP contribution in [0, 0.1) is 0 Å². The molecule has 0 atom stereocenters. The topological polar surface area (TPSA) is 87.6 Å². The lowest BCUT2D eigenvalue weighted by Gasteiger charge is -2.48. The van der Waals surface area contributed by atoms with E-state index < -0.39 is 5.97 Å². The first-order chi connectivity index (χ1) is 11.2. The lowest BCUT2D eigenvalue weighted by molar-refractivity contribution is -0.0318. The molecule has 1 aliphatic carbocycles. The molecule has 0 unspecified atom stereocenters. The van der Waals surface area contributed by atoms with Crippen LogP contribution in [0.2, 0.25) is 0 Å². The van der Waals surface area contributed by atoms with E-state index in [4.69, 9.17) is 9.84 Å². The molecule has 1 saturated carbocycles. The molecule has 1 saturated heterocycles. The molecule has 2 heterocycles. The molecule has 126 valence electrons. The molecule has 0 bridgehead atoms. The van der Waals surface area contributed by atoms with Crippen molar-refractivity contribution in [2.45, 2.75) is 37.6 Å². The zero-order valence-corrected chi connectivity index (χ0v) is 13.3. The summed E-state index contributed by atoms with van der Waals surface area (Å²) < 4.78 is 5.49. The molecule has 2 N–H and O–H groups in total. The van der Waals surface area contributed by atoms with Crippen molar-refractivity contribution < 1.29 is 14.6 Å². The summed E-state index contributed by atoms with van der Waals surface area (Å²) in [6.45, 7) is 4.37. The third-order valence-electron chi connectivity index (χ3n) is 4.94. The van der Waals surface area contributed by atoms with Crippen LogP contribution in [-0.4, -0.2) is 64.3 Å². The van der Waals surface area contributed by atoms with E-state index in [0.29, 0.717) is 5.82 Å². The second kappa shape index (κ2) is 7.23. The summed E-state index contributed by atoms with van der Waals surface area (Å²) in [4.78, 5) is 21.5. The largest absolute Gasteiger partial charge is 0.476 e. The molecule has 23 heavy (non-hydrogen) atoms. The van der Waals surface area contributed by atoms with E-state index in [1.54, 1.807) is 0 Å². The van der Waals surface area contributed by atoms with Crippen molar-refractivity contribution in [2.75, 3.05) is 38.2 Å². The van der Waals surface area contributed by atoms with Crippen LogP contribution in [-0.2, 0) is 4.74 Å². The minimum absolute atomic E-state index is 0.0314. The van der Waals surface area contributed by atoms with Crippen molar-refractivity contribution in [2.24, 2.45) is 0 Å². The number of hydrogen-bond donors (Lipinski definition) is 2. The molecule has 2 aliphatic rings. The van der Waals surface area contributed by atoms with Gasteiger partial charge in [0.15, 0.2) is 5.69 Å². The Morgan fingerprint density at radius 1 is 1.22 bits per heavy atom. The Labute approximate surface area is 136 Å². The Hall–Kier alpha value is -1.73. The van der Waals surface area contributed by atoms with Gasteiger partial charge in [-0.25, -0.2) is 14.8 Å². The monoisotopic (exact) mass is 320 g/mol. The van der Waals surface area contributed by atoms with Crippen LogP contribution in [0.4, 0.5) is 5.82 Å². The quantitative estimate of drug-likeness (QED) is 0.852. The highest BCUT2D eigenvalue weighted by Crippen LogP contribution is 2.34. The van der Waals surface area contributed by atoms with Crippen LogP contribution in [0.15, 0.2) is 12.4 Å². The number of ether oxygens (including phenoxy) is 1. The molecule has 0 aromatic carbocycles. The fourth-order valence-electron chi connectivity index (χ4n) is 3.64. The van der Waals surface area contributed by atoms with Gasteiger partial charge in [-0.15, -0.1) is 0 Å². The summed E-state index contributed by atoms with van der Waals surface area (Å²) in [5.74, 6) is -0.422. The summed E-state index contributed by atoms with van der Waals surface area (Å²) in [7, 11) is 0. The summed E-state index contributed by atoms with van der Waals surface area (Å²) in [5, 5.41) is 12.2. The molecule has 1 aromatic rings. The third kappa shape index (κ3) is 3.79. The molecule has 3 rings (SSSR count). The maximum atomic E-state index is 10.8. The third-order valence-corrected chi connectivity index (χ3v) is 4.94. The van der Waals surface area contributed by atoms with Gasteiger partial charge in [0.2, 0.25) is 0 Å². The molecular formula is C16H24N4O3. The number of hydrogen-bond acceptors (Lipinski definition) is 6.